The topological polar surface area (TPSA) is 65.7 Å². The molecular weight excluding hydrogens is 418 g/mol. The van der Waals surface area contributed by atoms with E-state index in [1.807, 2.05) is 22.8 Å². The monoisotopic (exact) mass is 439 g/mol. The number of para-hydroxylation sites is 2. The fraction of sp³-hybridized carbons (Fsp3) is 0.133. The van der Waals surface area contributed by atoms with Crippen molar-refractivity contribution in [3.05, 3.63) is 89.5 Å². The molecule has 4 nitrogen and oxygen atoms in total. The van der Waals surface area contributed by atoms with Crippen LogP contribution in [0.2, 0.25) is 0 Å². The Bertz CT molecular complexity index is 1830. The van der Waals surface area contributed by atoms with Crippen LogP contribution in [0.15, 0.2) is 77.2 Å². The first kappa shape index (κ1) is 20.1. The van der Waals surface area contributed by atoms with Crippen LogP contribution in [0.1, 0.15) is 37.5 Å². The van der Waals surface area contributed by atoms with Gasteiger partial charge in [-0.2, -0.15) is 10.5 Å². The van der Waals surface area contributed by atoms with Gasteiger partial charge in [-0.1, -0.05) is 51.1 Å². The fourth-order valence-electron chi connectivity index (χ4n) is 4.96. The van der Waals surface area contributed by atoms with Crippen molar-refractivity contribution in [2.75, 3.05) is 0 Å². The Morgan fingerprint density at radius 3 is 2.15 bits per heavy atom. The summed E-state index contributed by atoms with van der Waals surface area (Å²) < 4.78 is 8.46. The lowest BCUT2D eigenvalue weighted by Crippen LogP contribution is -2.10. The summed E-state index contributed by atoms with van der Waals surface area (Å²) in [6.07, 6.45) is 0. The van der Waals surface area contributed by atoms with Gasteiger partial charge < -0.3 is 8.98 Å². The van der Waals surface area contributed by atoms with E-state index in [9.17, 15) is 10.5 Å². The van der Waals surface area contributed by atoms with Crippen molar-refractivity contribution in [3.63, 3.8) is 0 Å². The molecule has 0 fully saturated rings. The predicted octanol–water partition coefficient (Wildman–Crippen LogP) is 7.72. The van der Waals surface area contributed by atoms with Crippen LogP contribution in [-0.2, 0) is 5.41 Å². The van der Waals surface area contributed by atoms with E-state index in [0.717, 1.165) is 43.7 Å². The van der Waals surface area contributed by atoms with E-state index in [2.05, 4.69) is 69.3 Å². The van der Waals surface area contributed by atoms with Gasteiger partial charge in [-0.3, -0.25) is 0 Å². The molecular formula is C30H21N3O. The molecule has 0 amide bonds. The van der Waals surface area contributed by atoms with Crippen molar-refractivity contribution in [2.45, 2.75) is 26.2 Å². The maximum Gasteiger partial charge on any atom is 0.145 e. The number of furan rings is 1. The molecule has 34 heavy (non-hydrogen) atoms. The summed E-state index contributed by atoms with van der Waals surface area (Å²) in [6, 6.07) is 28.5. The Hall–Kier alpha value is -4.54. The van der Waals surface area contributed by atoms with Gasteiger partial charge in [-0.25, -0.2) is 0 Å². The average Bonchev–Trinajstić information content (AvgIpc) is 3.38. The van der Waals surface area contributed by atoms with Gasteiger partial charge in [-0.05, 0) is 53.4 Å². The largest absolute Gasteiger partial charge is 0.455 e. The zero-order valence-electron chi connectivity index (χ0n) is 19.2. The molecule has 0 saturated heterocycles. The molecule has 0 unspecified atom stereocenters. The molecule has 0 aliphatic carbocycles. The standard InChI is InChI=1S/C30H21N3O/c1-30(2,3)20-11-13-24-23(15-20)27-25(33(24)28-18(16-31)7-6-8-19(28)17-32)14-12-22-21-9-4-5-10-26(21)34-29(22)27/h4-15H,1-3H3. The minimum absolute atomic E-state index is 0.0350. The van der Waals surface area contributed by atoms with Gasteiger partial charge >= 0.3 is 0 Å². The van der Waals surface area contributed by atoms with E-state index in [-0.39, 0.29) is 5.41 Å². The first-order valence-electron chi connectivity index (χ1n) is 11.2. The molecule has 0 spiro atoms. The number of hydrogen-bond donors (Lipinski definition) is 0. The summed E-state index contributed by atoms with van der Waals surface area (Å²) in [7, 11) is 0. The van der Waals surface area contributed by atoms with Gasteiger partial charge in [0.1, 0.15) is 23.3 Å². The van der Waals surface area contributed by atoms with E-state index in [0.29, 0.717) is 16.8 Å². The number of benzene rings is 4. The van der Waals surface area contributed by atoms with Crippen LogP contribution in [0.5, 0.6) is 0 Å². The highest BCUT2D eigenvalue weighted by Gasteiger charge is 2.23. The molecule has 4 heteroatoms. The molecule has 2 heterocycles. The lowest BCUT2D eigenvalue weighted by atomic mass is 9.86. The van der Waals surface area contributed by atoms with Crippen LogP contribution in [0.25, 0.3) is 49.4 Å². The van der Waals surface area contributed by atoms with Crippen LogP contribution in [0.3, 0.4) is 0 Å². The minimum atomic E-state index is -0.0350. The van der Waals surface area contributed by atoms with Crippen LogP contribution in [0.4, 0.5) is 0 Å². The number of hydrogen-bond acceptors (Lipinski definition) is 3. The van der Waals surface area contributed by atoms with Gasteiger partial charge in [0, 0.05) is 16.2 Å². The Kier molecular flexibility index (Phi) is 4.12. The molecule has 0 aliphatic rings. The Morgan fingerprint density at radius 2 is 1.44 bits per heavy atom. The molecule has 162 valence electrons. The molecule has 0 bridgehead atoms. The normalized spacial score (nSPS) is 11.9. The lowest BCUT2D eigenvalue weighted by Gasteiger charge is -2.19. The highest BCUT2D eigenvalue weighted by Crippen LogP contribution is 2.42. The van der Waals surface area contributed by atoms with E-state index in [1.54, 1.807) is 18.2 Å². The van der Waals surface area contributed by atoms with E-state index in [4.69, 9.17) is 4.42 Å². The van der Waals surface area contributed by atoms with E-state index < -0.39 is 0 Å². The Morgan fingerprint density at radius 1 is 0.735 bits per heavy atom. The summed E-state index contributed by atoms with van der Waals surface area (Å²) >= 11 is 0. The predicted molar refractivity (Wildman–Crippen MR) is 136 cm³/mol. The molecule has 4 aromatic carbocycles. The quantitative estimate of drug-likeness (QED) is 0.263. The number of nitriles is 2. The van der Waals surface area contributed by atoms with Crippen molar-refractivity contribution >= 4 is 43.7 Å². The zero-order valence-corrected chi connectivity index (χ0v) is 19.2. The Labute approximate surface area is 196 Å². The molecule has 0 radical (unpaired) electrons. The third-order valence-electron chi connectivity index (χ3n) is 6.64. The van der Waals surface area contributed by atoms with Crippen molar-refractivity contribution in [3.8, 4) is 17.8 Å². The van der Waals surface area contributed by atoms with Gasteiger partial charge in [0.25, 0.3) is 0 Å². The Balaban J connectivity index is 1.88. The van der Waals surface area contributed by atoms with Crippen LogP contribution >= 0.6 is 0 Å². The molecule has 2 aromatic heterocycles. The first-order chi connectivity index (χ1) is 16.4. The van der Waals surface area contributed by atoms with Crippen molar-refractivity contribution < 1.29 is 4.42 Å². The molecule has 0 atom stereocenters. The van der Waals surface area contributed by atoms with E-state index >= 15 is 0 Å². The van der Waals surface area contributed by atoms with Gasteiger partial charge in [-0.15, -0.1) is 0 Å². The third-order valence-corrected chi connectivity index (χ3v) is 6.64. The fourth-order valence-corrected chi connectivity index (χ4v) is 4.96. The first-order valence-corrected chi connectivity index (χ1v) is 11.2. The smallest absolute Gasteiger partial charge is 0.145 e. The van der Waals surface area contributed by atoms with Gasteiger partial charge in [0.15, 0.2) is 0 Å². The number of aromatic nitrogens is 1. The molecule has 0 saturated carbocycles. The SMILES string of the molecule is CC(C)(C)c1ccc2c(c1)c1c3oc4ccccc4c3ccc1n2-c1c(C#N)cccc1C#N. The number of nitrogens with zero attached hydrogens (tertiary/aromatic N) is 3. The van der Waals surface area contributed by atoms with Crippen molar-refractivity contribution in [1.29, 1.82) is 10.5 Å². The molecule has 6 aromatic rings. The maximum atomic E-state index is 9.91. The molecule has 0 N–H and O–H groups in total. The number of fused-ring (bicyclic) bond motifs is 7. The van der Waals surface area contributed by atoms with Crippen molar-refractivity contribution in [2.24, 2.45) is 0 Å². The average molecular weight is 440 g/mol. The summed E-state index contributed by atoms with van der Waals surface area (Å²) in [5.41, 5.74) is 6.21. The van der Waals surface area contributed by atoms with Gasteiger partial charge in [0.2, 0.25) is 0 Å². The second-order valence-corrected chi connectivity index (χ2v) is 9.68. The van der Waals surface area contributed by atoms with E-state index in [1.165, 1.54) is 5.56 Å². The highest BCUT2D eigenvalue weighted by atomic mass is 16.3. The second kappa shape index (κ2) is 6.98. The number of rotatable bonds is 1. The van der Waals surface area contributed by atoms with Crippen molar-refractivity contribution in [1.82, 2.24) is 4.57 Å². The second-order valence-electron chi connectivity index (χ2n) is 9.68. The van der Waals surface area contributed by atoms with Crippen LogP contribution in [0, 0.1) is 22.7 Å². The summed E-state index contributed by atoms with van der Waals surface area (Å²) in [5.74, 6) is 0. The zero-order chi connectivity index (χ0) is 23.6. The highest BCUT2D eigenvalue weighted by molar-refractivity contribution is 6.24. The summed E-state index contributed by atoms with van der Waals surface area (Å²) in [6.45, 7) is 6.59. The minimum Gasteiger partial charge on any atom is -0.455 e. The van der Waals surface area contributed by atoms with Crippen LogP contribution in [-0.4, -0.2) is 4.57 Å². The molecule has 6 rings (SSSR count). The maximum absolute atomic E-state index is 9.91. The summed E-state index contributed by atoms with van der Waals surface area (Å²) in [5, 5.41) is 24.0. The summed E-state index contributed by atoms with van der Waals surface area (Å²) in [4.78, 5) is 0. The lowest BCUT2D eigenvalue weighted by molar-refractivity contribution is 0.591. The molecule has 0 aliphatic heterocycles. The third kappa shape index (κ3) is 2.70. The van der Waals surface area contributed by atoms with Gasteiger partial charge in [0.05, 0.1) is 33.2 Å². The van der Waals surface area contributed by atoms with Crippen LogP contribution < -0.4 is 0 Å².